The number of para-hydroxylation sites is 1. The number of carbonyl (C=O) groups excluding carboxylic acids is 2. The zero-order chi connectivity index (χ0) is 19.8. The standard InChI is InChI=1S/C21H20O6/c1-26-20-12-14(7-11-18(20)24)6-9-16(22)13-17(23)10-8-15-4-3-5-19(25)21(15)27-2/h3-12,24-25H,13H2,1-2H3/b9-6+,10-8+. The van der Waals surface area contributed by atoms with Crippen molar-refractivity contribution in [3.63, 3.8) is 0 Å². The first kappa shape index (κ1) is 19.8. The average molecular weight is 368 g/mol. The summed E-state index contributed by atoms with van der Waals surface area (Å²) in [5.74, 6) is -0.213. The van der Waals surface area contributed by atoms with Crippen LogP contribution in [0, 0.1) is 0 Å². The summed E-state index contributed by atoms with van der Waals surface area (Å²) in [5, 5.41) is 19.2. The van der Waals surface area contributed by atoms with Gasteiger partial charge in [0.05, 0.1) is 20.6 Å². The molecular weight excluding hydrogens is 348 g/mol. The molecule has 0 fully saturated rings. The van der Waals surface area contributed by atoms with E-state index in [0.717, 1.165) is 0 Å². The maximum absolute atomic E-state index is 12.0. The van der Waals surface area contributed by atoms with E-state index in [1.807, 2.05) is 0 Å². The smallest absolute Gasteiger partial charge is 0.167 e. The summed E-state index contributed by atoms with van der Waals surface area (Å²) < 4.78 is 10.1. The Hall–Kier alpha value is -3.54. The van der Waals surface area contributed by atoms with Gasteiger partial charge in [-0.05, 0) is 42.0 Å². The fraction of sp³-hybridized carbons (Fsp3) is 0.143. The molecule has 0 atom stereocenters. The summed E-state index contributed by atoms with van der Waals surface area (Å²) in [6.45, 7) is 0. The van der Waals surface area contributed by atoms with Gasteiger partial charge in [-0.1, -0.05) is 24.3 Å². The van der Waals surface area contributed by atoms with Crippen LogP contribution in [0.5, 0.6) is 23.0 Å². The van der Waals surface area contributed by atoms with Crippen LogP contribution in [0.4, 0.5) is 0 Å². The van der Waals surface area contributed by atoms with E-state index in [9.17, 15) is 19.8 Å². The number of rotatable bonds is 8. The van der Waals surface area contributed by atoms with Crippen molar-refractivity contribution < 1.29 is 29.3 Å². The molecule has 0 saturated heterocycles. The van der Waals surface area contributed by atoms with E-state index in [1.165, 1.54) is 44.6 Å². The second-order valence-electron chi connectivity index (χ2n) is 5.61. The van der Waals surface area contributed by atoms with Gasteiger partial charge in [0.15, 0.2) is 34.6 Å². The second-order valence-corrected chi connectivity index (χ2v) is 5.61. The number of ketones is 2. The molecule has 27 heavy (non-hydrogen) atoms. The zero-order valence-electron chi connectivity index (χ0n) is 15.0. The van der Waals surface area contributed by atoms with E-state index in [-0.39, 0.29) is 35.2 Å². The highest BCUT2D eigenvalue weighted by Gasteiger charge is 2.08. The number of aromatic hydroxyl groups is 2. The third-order valence-corrected chi connectivity index (χ3v) is 3.69. The predicted molar refractivity (Wildman–Crippen MR) is 102 cm³/mol. The Morgan fingerprint density at radius 2 is 1.63 bits per heavy atom. The lowest BCUT2D eigenvalue weighted by Gasteiger charge is -2.06. The van der Waals surface area contributed by atoms with Gasteiger partial charge in [0, 0.05) is 5.56 Å². The van der Waals surface area contributed by atoms with Gasteiger partial charge in [-0.3, -0.25) is 9.59 Å². The van der Waals surface area contributed by atoms with Crippen molar-refractivity contribution in [3.8, 4) is 23.0 Å². The van der Waals surface area contributed by atoms with Crippen LogP contribution in [0.3, 0.4) is 0 Å². The summed E-state index contributed by atoms with van der Waals surface area (Å²) >= 11 is 0. The van der Waals surface area contributed by atoms with E-state index >= 15 is 0 Å². The zero-order valence-corrected chi connectivity index (χ0v) is 15.0. The Labute approximate surface area is 157 Å². The molecule has 0 aromatic heterocycles. The molecule has 2 N–H and O–H groups in total. The number of allylic oxidation sites excluding steroid dienone is 2. The largest absolute Gasteiger partial charge is 0.504 e. The number of carbonyl (C=O) groups is 2. The normalized spacial score (nSPS) is 11.0. The third-order valence-electron chi connectivity index (χ3n) is 3.69. The molecule has 140 valence electrons. The van der Waals surface area contributed by atoms with E-state index < -0.39 is 0 Å². The van der Waals surface area contributed by atoms with Gasteiger partial charge in [0.1, 0.15) is 0 Å². The van der Waals surface area contributed by atoms with Crippen molar-refractivity contribution in [2.45, 2.75) is 6.42 Å². The van der Waals surface area contributed by atoms with Crippen molar-refractivity contribution in [1.29, 1.82) is 0 Å². The molecule has 0 saturated carbocycles. The SMILES string of the molecule is COc1cc(/C=C/C(=O)CC(=O)/C=C/c2cccc(O)c2OC)ccc1O. The van der Waals surface area contributed by atoms with E-state index in [0.29, 0.717) is 16.9 Å². The minimum atomic E-state index is -0.377. The molecule has 0 bridgehead atoms. The van der Waals surface area contributed by atoms with Crippen LogP contribution in [0.15, 0.2) is 48.6 Å². The Bertz CT molecular complexity index is 896. The molecule has 0 heterocycles. The molecule has 0 spiro atoms. The van der Waals surface area contributed by atoms with Crippen LogP contribution in [-0.2, 0) is 9.59 Å². The van der Waals surface area contributed by atoms with Gasteiger partial charge in [0.2, 0.25) is 0 Å². The van der Waals surface area contributed by atoms with Crippen LogP contribution >= 0.6 is 0 Å². The highest BCUT2D eigenvalue weighted by atomic mass is 16.5. The molecule has 2 aromatic rings. The average Bonchev–Trinajstić information content (AvgIpc) is 2.65. The van der Waals surface area contributed by atoms with Crippen LogP contribution in [-0.4, -0.2) is 36.0 Å². The Balaban J connectivity index is 2.00. The van der Waals surface area contributed by atoms with Gasteiger partial charge in [0.25, 0.3) is 0 Å². The van der Waals surface area contributed by atoms with Gasteiger partial charge in [-0.2, -0.15) is 0 Å². The molecular formula is C21H20O6. The summed E-state index contributed by atoms with van der Waals surface area (Å²) in [6, 6.07) is 9.45. The predicted octanol–water partition coefficient (Wildman–Crippen LogP) is 3.37. The number of ether oxygens (including phenoxy) is 2. The third kappa shape index (κ3) is 5.47. The number of hydrogen-bond acceptors (Lipinski definition) is 6. The van der Waals surface area contributed by atoms with Crippen molar-refractivity contribution >= 4 is 23.7 Å². The maximum atomic E-state index is 12.0. The first-order valence-electron chi connectivity index (χ1n) is 8.09. The molecule has 0 aliphatic heterocycles. The fourth-order valence-electron chi connectivity index (χ4n) is 2.36. The van der Waals surface area contributed by atoms with Crippen molar-refractivity contribution in [3.05, 3.63) is 59.7 Å². The summed E-state index contributed by atoms with van der Waals surface area (Å²) in [4.78, 5) is 23.9. The molecule has 0 radical (unpaired) electrons. The molecule has 6 heteroatoms. The summed E-state index contributed by atoms with van der Waals surface area (Å²) in [7, 11) is 2.85. The minimum absolute atomic E-state index is 0.00340. The maximum Gasteiger partial charge on any atom is 0.167 e. The number of benzene rings is 2. The Morgan fingerprint density at radius 1 is 0.926 bits per heavy atom. The molecule has 0 amide bonds. The lowest BCUT2D eigenvalue weighted by molar-refractivity contribution is -0.121. The number of phenolic OH excluding ortho intramolecular Hbond substituents is 2. The lowest BCUT2D eigenvalue weighted by atomic mass is 10.1. The van der Waals surface area contributed by atoms with Gasteiger partial charge < -0.3 is 19.7 Å². The van der Waals surface area contributed by atoms with E-state index in [4.69, 9.17) is 9.47 Å². The molecule has 2 rings (SSSR count). The molecule has 6 nitrogen and oxygen atoms in total. The minimum Gasteiger partial charge on any atom is -0.504 e. The summed E-state index contributed by atoms with van der Waals surface area (Å²) in [5.41, 5.74) is 1.19. The molecule has 0 unspecified atom stereocenters. The highest BCUT2D eigenvalue weighted by Crippen LogP contribution is 2.30. The molecule has 0 aliphatic carbocycles. The van der Waals surface area contributed by atoms with Crippen LogP contribution in [0.1, 0.15) is 17.5 Å². The topological polar surface area (TPSA) is 93.1 Å². The lowest BCUT2D eigenvalue weighted by Crippen LogP contribution is -2.02. The number of methoxy groups -OCH3 is 2. The van der Waals surface area contributed by atoms with Crippen LogP contribution in [0.25, 0.3) is 12.2 Å². The second kappa shape index (κ2) is 9.24. The van der Waals surface area contributed by atoms with Crippen LogP contribution < -0.4 is 9.47 Å². The van der Waals surface area contributed by atoms with E-state index in [1.54, 1.807) is 30.3 Å². The fourth-order valence-corrected chi connectivity index (χ4v) is 2.36. The monoisotopic (exact) mass is 368 g/mol. The molecule has 2 aromatic carbocycles. The van der Waals surface area contributed by atoms with Crippen molar-refractivity contribution in [1.82, 2.24) is 0 Å². The summed E-state index contributed by atoms with van der Waals surface area (Å²) in [6.07, 6.45) is 5.31. The highest BCUT2D eigenvalue weighted by molar-refractivity contribution is 6.11. The van der Waals surface area contributed by atoms with Crippen molar-refractivity contribution in [2.24, 2.45) is 0 Å². The van der Waals surface area contributed by atoms with Gasteiger partial charge in [-0.25, -0.2) is 0 Å². The first-order valence-corrected chi connectivity index (χ1v) is 8.09. The quantitative estimate of drug-likeness (QED) is 0.548. The van der Waals surface area contributed by atoms with E-state index in [2.05, 4.69) is 0 Å². The Kier molecular flexibility index (Phi) is 6.77. The van der Waals surface area contributed by atoms with Gasteiger partial charge in [-0.15, -0.1) is 0 Å². The van der Waals surface area contributed by atoms with Gasteiger partial charge >= 0.3 is 0 Å². The number of hydrogen-bond donors (Lipinski definition) is 2. The van der Waals surface area contributed by atoms with Crippen LogP contribution in [0.2, 0.25) is 0 Å². The van der Waals surface area contributed by atoms with Crippen molar-refractivity contribution in [2.75, 3.05) is 14.2 Å². The first-order chi connectivity index (χ1) is 12.9. The number of phenols is 2. The Morgan fingerprint density at radius 3 is 2.30 bits per heavy atom. The molecule has 0 aliphatic rings.